The van der Waals surface area contributed by atoms with Crippen LogP contribution in [0.1, 0.15) is 77.0 Å². The van der Waals surface area contributed by atoms with E-state index in [1.807, 2.05) is 0 Å². The largest absolute Gasteiger partial charge is 0.391 e. The molecule has 2 aliphatic carbocycles. The third kappa shape index (κ3) is 5.97. The Labute approximate surface area is 120 Å². The van der Waals surface area contributed by atoms with E-state index >= 15 is 0 Å². The van der Waals surface area contributed by atoms with E-state index in [1.54, 1.807) is 0 Å². The van der Waals surface area contributed by atoms with Crippen LogP contribution in [0.15, 0.2) is 0 Å². The van der Waals surface area contributed by atoms with Gasteiger partial charge < -0.3 is 8.85 Å². The highest BCUT2D eigenvalue weighted by atomic mass is 28.4. The Kier molecular flexibility index (Phi) is 6.37. The van der Waals surface area contributed by atoms with Crippen LogP contribution in [0.2, 0.25) is 13.1 Å². The first-order chi connectivity index (χ1) is 9.16. The van der Waals surface area contributed by atoms with Crippen LogP contribution >= 0.6 is 0 Å². The summed E-state index contributed by atoms with van der Waals surface area (Å²) in [4.78, 5) is 0. The maximum Gasteiger partial charge on any atom is 0.332 e. The molecule has 0 bridgehead atoms. The fourth-order valence-electron chi connectivity index (χ4n) is 3.55. The normalized spacial score (nSPS) is 24.9. The summed E-state index contributed by atoms with van der Waals surface area (Å²) in [5.74, 6) is 0. The summed E-state index contributed by atoms with van der Waals surface area (Å²) in [6, 6.07) is 0. The smallest absolute Gasteiger partial charge is 0.332 e. The van der Waals surface area contributed by atoms with E-state index in [0.29, 0.717) is 12.2 Å². The zero-order chi connectivity index (χ0) is 13.6. The number of hydrogen-bond acceptors (Lipinski definition) is 2. The molecule has 0 spiro atoms. The second-order valence-corrected chi connectivity index (χ2v) is 10.1. The van der Waals surface area contributed by atoms with E-state index in [4.69, 9.17) is 8.85 Å². The highest BCUT2D eigenvalue weighted by Crippen LogP contribution is 2.27. The van der Waals surface area contributed by atoms with Crippen molar-refractivity contribution in [2.75, 3.05) is 0 Å². The predicted octanol–water partition coefficient (Wildman–Crippen LogP) is 5.17. The maximum absolute atomic E-state index is 6.42. The summed E-state index contributed by atoms with van der Waals surface area (Å²) < 4.78 is 12.8. The molecule has 0 saturated heterocycles. The fourth-order valence-corrected chi connectivity index (χ4v) is 5.68. The molecule has 0 heterocycles. The highest BCUT2D eigenvalue weighted by Gasteiger charge is 2.32. The molecular weight excluding hydrogens is 252 g/mol. The molecule has 19 heavy (non-hydrogen) atoms. The molecule has 0 unspecified atom stereocenters. The standard InChI is InChI=1S/C16H32O2Si/c1-19(2,17-15-11-7-3-4-8-12-15)18-16-13-9-5-6-10-14-16/h15-16H,3-14H2,1-2H3. The van der Waals surface area contributed by atoms with Gasteiger partial charge in [0.1, 0.15) is 0 Å². The Morgan fingerprint density at radius 2 is 0.895 bits per heavy atom. The van der Waals surface area contributed by atoms with Crippen LogP contribution in [0.3, 0.4) is 0 Å². The molecule has 2 aliphatic rings. The Hall–Kier alpha value is 0.137. The molecule has 2 saturated carbocycles. The molecule has 0 aromatic heterocycles. The van der Waals surface area contributed by atoms with Gasteiger partial charge in [-0.15, -0.1) is 0 Å². The van der Waals surface area contributed by atoms with Crippen molar-refractivity contribution in [2.45, 2.75) is 102 Å². The van der Waals surface area contributed by atoms with Crippen LogP contribution in [0, 0.1) is 0 Å². The van der Waals surface area contributed by atoms with Crippen LogP contribution < -0.4 is 0 Å². The molecule has 0 aromatic rings. The van der Waals surface area contributed by atoms with E-state index in [0.717, 1.165) is 0 Å². The van der Waals surface area contributed by atoms with E-state index in [1.165, 1.54) is 77.0 Å². The Balaban J connectivity index is 1.78. The van der Waals surface area contributed by atoms with Gasteiger partial charge in [0.15, 0.2) is 0 Å². The monoisotopic (exact) mass is 284 g/mol. The van der Waals surface area contributed by atoms with Crippen LogP contribution in [-0.2, 0) is 8.85 Å². The number of hydrogen-bond donors (Lipinski definition) is 0. The lowest BCUT2D eigenvalue weighted by atomic mass is 10.2. The van der Waals surface area contributed by atoms with Gasteiger partial charge in [-0.3, -0.25) is 0 Å². The van der Waals surface area contributed by atoms with E-state index in [-0.39, 0.29) is 0 Å². The molecule has 2 fully saturated rings. The van der Waals surface area contributed by atoms with Gasteiger partial charge in [0.2, 0.25) is 0 Å². The van der Waals surface area contributed by atoms with E-state index < -0.39 is 8.56 Å². The minimum Gasteiger partial charge on any atom is -0.391 e. The lowest BCUT2D eigenvalue weighted by Gasteiger charge is -2.32. The molecule has 0 N–H and O–H groups in total. The van der Waals surface area contributed by atoms with Gasteiger partial charge in [-0.2, -0.15) is 0 Å². The van der Waals surface area contributed by atoms with Gasteiger partial charge in [0, 0.05) is 12.2 Å². The maximum atomic E-state index is 6.42. The lowest BCUT2D eigenvalue weighted by Crippen LogP contribution is -2.42. The van der Waals surface area contributed by atoms with Crippen LogP contribution in [0.25, 0.3) is 0 Å². The summed E-state index contributed by atoms with van der Waals surface area (Å²) >= 11 is 0. The average Bonchev–Trinajstić information content (AvgIpc) is 2.73. The minimum atomic E-state index is -1.92. The SMILES string of the molecule is C[Si](C)(OC1CCCCCC1)OC1CCCCCC1. The topological polar surface area (TPSA) is 18.5 Å². The summed E-state index contributed by atoms with van der Waals surface area (Å²) in [6.07, 6.45) is 16.9. The molecule has 3 heteroatoms. The molecule has 2 nitrogen and oxygen atoms in total. The van der Waals surface area contributed by atoms with Crippen molar-refractivity contribution in [1.29, 1.82) is 0 Å². The first-order valence-electron chi connectivity index (χ1n) is 8.51. The predicted molar refractivity (Wildman–Crippen MR) is 82.6 cm³/mol. The van der Waals surface area contributed by atoms with Gasteiger partial charge >= 0.3 is 8.56 Å². The summed E-state index contributed by atoms with van der Waals surface area (Å²) in [7, 11) is -1.92. The van der Waals surface area contributed by atoms with Gasteiger partial charge in [-0.05, 0) is 38.8 Å². The summed E-state index contributed by atoms with van der Waals surface area (Å²) in [6.45, 7) is 4.51. The molecule has 2 rings (SSSR count). The highest BCUT2D eigenvalue weighted by molar-refractivity contribution is 6.64. The lowest BCUT2D eigenvalue weighted by molar-refractivity contribution is 0.0716. The Morgan fingerprint density at radius 1 is 0.579 bits per heavy atom. The average molecular weight is 285 g/mol. The number of rotatable bonds is 4. The quantitative estimate of drug-likeness (QED) is 0.524. The molecule has 0 atom stereocenters. The van der Waals surface area contributed by atoms with Crippen molar-refractivity contribution in [3.8, 4) is 0 Å². The van der Waals surface area contributed by atoms with Crippen LogP contribution in [0.5, 0.6) is 0 Å². The summed E-state index contributed by atoms with van der Waals surface area (Å²) in [5.41, 5.74) is 0. The molecular formula is C16H32O2Si. The minimum absolute atomic E-state index is 0.481. The Bertz CT molecular complexity index is 215. The van der Waals surface area contributed by atoms with Crippen molar-refractivity contribution < 1.29 is 8.85 Å². The zero-order valence-corrected chi connectivity index (χ0v) is 14.0. The summed E-state index contributed by atoms with van der Waals surface area (Å²) in [5, 5.41) is 0. The van der Waals surface area contributed by atoms with Crippen molar-refractivity contribution in [2.24, 2.45) is 0 Å². The molecule has 112 valence electrons. The zero-order valence-electron chi connectivity index (χ0n) is 13.0. The second kappa shape index (κ2) is 7.80. The van der Waals surface area contributed by atoms with Gasteiger partial charge in [-0.1, -0.05) is 51.4 Å². The fraction of sp³-hybridized carbons (Fsp3) is 1.00. The van der Waals surface area contributed by atoms with Gasteiger partial charge in [0.05, 0.1) is 0 Å². The van der Waals surface area contributed by atoms with Crippen molar-refractivity contribution in [3.63, 3.8) is 0 Å². The third-order valence-corrected chi connectivity index (χ3v) is 6.31. The van der Waals surface area contributed by atoms with Gasteiger partial charge in [0.25, 0.3) is 0 Å². The van der Waals surface area contributed by atoms with Crippen LogP contribution in [0.4, 0.5) is 0 Å². The molecule has 0 aromatic carbocycles. The first kappa shape index (κ1) is 15.5. The first-order valence-corrected chi connectivity index (χ1v) is 11.3. The van der Waals surface area contributed by atoms with Crippen molar-refractivity contribution in [1.82, 2.24) is 0 Å². The molecule has 0 amide bonds. The molecule has 0 radical (unpaired) electrons. The van der Waals surface area contributed by atoms with Crippen molar-refractivity contribution in [3.05, 3.63) is 0 Å². The van der Waals surface area contributed by atoms with Gasteiger partial charge in [-0.25, -0.2) is 0 Å². The van der Waals surface area contributed by atoms with E-state index in [9.17, 15) is 0 Å². The Morgan fingerprint density at radius 3 is 1.21 bits per heavy atom. The van der Waals surface area contributed by atoms with Crippen molar-refractivity contribution >= 4 is 8.56 Å². The third-order valence-electron chi connectivity index (χ3n) is 4.51. The van der Waals surface area contributed by atoms with Crippen LogP contribution in [-0.4, -0.2) is 20.8 Å². The van der Waals surface area contributed by atoms with E-state index in [2.05, 4.69) is 13.1 Å². The molecule has 0 aliphatic heterocycles. The second-order valence-electron chi connectivity index (χ2n) is 6.86.